The second kappa shape index (κ2) is 42.4. The Morgan fingerprint density at radius 2 is 1.15 bits per heavy atom. The van der Waals surface area contributed by atoms with Gasteiger partial charge in [-0.05, 0) is 129 Å². The minimum absolute atomic E-state index is 0.0233. The van der Waals surface area contributed by atoms with Gasteiger partial charge in [0.15, 0.2) is 15.6 Å². The van der Waals surface area contributed by atoms with E-state index in [0.29, 0.717) is 126 Å². The van der Waals surface area contributed by atoms with E-state index in [1.54, 1.807) is 56.1 Å². The number of morpholine rings is 3. The number of primary sulfonamides is 2. The average Bonchev–Trinajstić information content (AvgIpc) is 1.00. The number of hydrogen-bond acceptors (Lipinski definition) is 29. The summed E-state index contributed by atoms with van der Waals surface area (Å²) in [5, 5.41) is 50.0. The molecule has 668 valence electrons. The summed E-state index contributed by atoms with van der Waals surface area (Å²) in [6.07, 6.45) is -1.10. The van der Waals surface area contributed by atoms with Crippen LogP contribution in [0.1, 0.15) is 75.4 Å². The van der Waals surface area contributed by atoms with Crippen molar-refractivity contribution >= 4 is 116 Å². The molecule has 9 N–H and O–H groups in total. The predicted octanol–water partition coefficient (Wildman–Crippen LogP) is 10.3. The summed E-state index contributed by atoms with van der Waals surface area (Å²) >= 11 is 6.54. The van der Waals surface area contributed by atoms with Crippen LogP contribution < -0.4 is 36.3 Å². The number of nitro groups is 3. The summed E-state index contributed by atoms with van der Waals surface area (Å²) in [5.74, 6) is -2.55. The molecule has 123 heavy (non-hydrogen) atoms. The Balaban J connectivity index is 0.000000259. The lowest BCUT2D eigenvalue weighted by Crippen LogP contribution is -2.48. The number of ether oxygens (including phenoxy) is 7. The number of rotatable bonds is 25. The van der Waals surface area contributed by atoms with Crippen molar-refractivity contribution in [2.24, 2.45) is 21.4 Å². The van der Waals surface area contributed by atoms with Crippen molar-refractivity contribution in [3.05, 3.63) is 179 Å². The van der Waals surface area contributed by atoms with Crippen LogP contribution in [-0.2, 0) is 64.5 Å². The van der Waals surface area contributed by atoms with Crippen molar-refractivity contribution in [3.63, 3.8) is 0 Å². The number of aromatic nitrogens is 2. The molecule has 1 aliphatic carbocycles. The smallest absolute Gasteiger partial charge is 0.416 e. The van der Waals surface area contributed by atoms with E-state index in [2.05, 4.69) is 44.2 Å². The number of aromatic amines is 1. The minimum Gasteiger partial charge on any atom is -0.455 e. The molecule has 5 aromatic carbocycles. The molecule has 38 nitrogen and oxygen atoms in total. The van der Waals surface area contributed by atoms with Gasteiger partial charge < -0.3 is 74.1 Å². The van der Waals surface area contributed by atoms with E-state index in [0.717, 1.165) is 59.7 Å². The monoisotopic (exact) mass is 1800 g/mol. The van der Waals surface area contributed by atoms with E-state index in [-0.39, 0.29) is 96.2 Å². The Bertz CT molecular complexity index is 5400. The number of alkyl halides is 3. The number of nitrogens with one attached hydrogen (secondary N) is 3. The average molecular weight is 1810 g/mol. The molecular formula is C77H94ClF4N15O23S3. The van der Waals surface area contributed by atoms with Gasteiger partial charge in [0.2, 0.25) is 25.9 Å². The van der Waals surface area contributed by atoms with Crippen LogP contribution >= 0.6 is 11.6 Å². The predicted molar refractivity (Wildman–Crippen MR) is 442 cm³/mol. The van der Waals surface area contributed by atoms with Crippen molar-refractivity contribution in [2.45, 2.75) is 93.1 Å². The molecule has 46 heteroatoms. The number of fused-ring (bicyclic) bond motifs is 1. The molecule has 3 amide bonds. The standard InChI is InChI=1S/C49H53ClF3N7O9S.C14H20N4O7S.C8H16N2O3.C6H5FN2O4S/c1-4-67-47(62)59-19-20-68-36(29-59)27-55-42-10-7-37(24-43(42)60(63)64)70(65,66)30-44(61)39-9-6-34(23-45(39)69-35-21-31-12-14-54-46(31)56-26-35)58-17-15-57(16-18-58)28-32-11-13-48(2,3)25-40(32)38-8-5-33(22-41(38)50)49(51,52)53;1-2-24-14(19)17-5-6-25-10(9-17)8-16-12-4-3-11(26(15,22)23)7-13(12)18(20)21;1-2-12-8(11)10-3-4-13-7(5-9)6-10;7-5-2-1-4(14(8,12)13)3-6(5)9(10)11/h5-10,12,14,21-24,26,36,55H,4,11,13,15-20,25,27-30H2,1-3H3,(H,54,56);3-4,7,10,16H,2,5-6,8-9H2,1H3,(H2,15,22,23);7H,2-6,9H2,1H3;1-3H,(H2,8,12,13). The van der Waals surface area contributed by atoms with Gasteiger partial charge in [0.25, 0.3) is 11.4 Å². The number of halogens is 5. The van der Waals surface area contributed by atoms with Crippen molar-refractivity contribution in [3.8, 4) is 11.5 Å². The van der Waals surface area contributed by atoms with E-state index in [1.807, 2.05) is 0 Å². The summed E-state index contributed by atoms with van der Waals surface area (Å²) in [7, 11) is -12.5. The van der Waals surface area contributed by atoms with E-state index in [1.165, 1.54) is 52.4 Å². The Morgan fingerprint density at radius 3 is 1.66 bits per heavy atom. The van der Waals surface area contributed by atoms with Gasteiger partial charge in [0, 0.05) is 119 Å². The maximum atomic E-state index is 14.1. The third-order valence-electron chi connectivity index (χ3n) is 19.9. The van der Waals surface area contributed by atoms with Crippen molar-refractivity contribution in [1.29, 1.82) is 0 Å². The molecule has 0 spiro atoms. The Labute approximate surface area is 709 Å². The third kappa shape index (κ3) is 26.8. The molecular weight excluding hydrogens is 1710 g/mol. The molecule has 0 radical (unpaired) electrons. The number of pyridine rings is 1. The number of nitrogens with two attached hydrogens (primary N) is 3. The second-order valence-electron chi connectivity index (χ2n) is 29.2. The summed E-state index contributed by atoms with van der Waals surface area (Å²) in [4.78, 5) is 95.8. The Kier molecular flexibility index (Phi) is 33.0. The van der Waals surface area contributed by atoms with Gasteiger partial charge in [-0.1, -0.05) is 37.1 Å². The number of nitrogens with zero attached hydrogens (tertiary/aromatic N) is 9. The first-order valence-corrected chi connectivity index (χ1v) is 43.6. The molecule has 4 fully saturated rings. The third-order valence-corrected chi connectivity index (χ3v) is 23.7. The normalized spacial score (nSPS) is 17.7. The number of carbonyl (C=O) groups excluding carboxylic acids is 4. The first kappa shape index (κ1) is 95.8. The van der Waals surface area contributed by atoms with Gasteiger partial charge in [-0.25, -0.2) is 54.9 Å². The second-order valence-corrected chi connectivity index (χ2v) is 34.7. The van der Waals surface area contributed by atoms with Gasteiger partial charge >= 0.3 is 30.1 Å². The highest BCUT2D eigenvalue weighted by molar-refractivity contribution is 7.92. The number of carbonyl (C=O) groups is 4. The van der Waals surface area contributed by atoms with Crippen LogP contribution in [0.2, 0.25) is 5.02 Å². The summed E-state index contributed by atoms with van der Waals surface area (Å²) in [6.45, 7) is 17.6. The summed E-state index contributed by atoms with van der Waals surface area (Å²) in [5.41, 5.74) is 6.91. The number of sulfone groups is 1. The molecule has 4 aliphatic heterocycles. The first-order chi connectivity index (χ1) is 58.1. The number of anilines is 3. The SMILES string of the molecule is CCOC(=O)N1CCOC(CN)C1.CCOC(=O)N1CCOC(CNc2ccc(S(=O)(=O)CC(=O)c3ccc(N4CCN(CC5=C(c6ccc(C(F)(F)F)cc6Cl)CC(C)(C)CC5)CC4)cc3Oc3cnc4[nH]ccc4c3)cc2[N+](=O)[O-])C1.CCOC(=O)N1CCOC(CNc2ccc(S(N)(=O)=O)cc2[N+](=O)[O-])C1.NS(=O)(=O)c1ccc(F)c([N+](=O)[O-])c1. The fourth-order valence-electron chi connectivity index (χ4n) is 13.6. The van der Waals surface area contributed by atoms with E-state index in [9.17, 15) is 92.3 Å². The molecule has 5 aliphatic rings. The lowest BCUT2D eigenvalue weighted by atomic mass is 9.72. The number of nitro benzene ring substituents is 3. The quantitative estimate of drug-likeness (QED) is 0.0102. The fraction of sp³-hybridized carbons (Fsp3) is 0.442. The number of amides is 3. The largest absolute Gasteiger partial charge is 0.455 e. The highest BCUT2D eigenvalue weighted by atomic mass is 35.5. The molecule has 6 heterocycles. The van der Waals surface area contributed by atoms with Gasteiger partial charge in [-0.3, -0.25) is 40.0 Å². The molecule has 2 aromatic heterocycles. The first-order valence-electron chi connectivity index (χ1n) is 38.5. The lowest BCUT2D eigenvalue weighted by molar-refractivity contribution is -0.387. The van der Waals surface area contributed by atoms with Crippen LogP contribution in [0, 0.1) is 41.6 Å². The zero-order valence-electron chi connectivity index (χ0n) is 67.4. The van der Waals surface area contributed by atoms with Crippen LogP contribution in [0.25, 0.3) is 16.6 Å². The van der Waals surface area contributed by atoms with Crippen molar-refractivity contribution in [1.82, 2.24) is 29.6 Å². The van der Waals surface area contributed by atoms with E-state index in [4.69, 9.17) is 60.8 Å². The topological polar surface area (TPSA) is 512 Å². The highest BCUT2D eigenvalue weighted by Crippen LogP contribution is 2.46. The molecule has 4 saturated heterocycles. The van der Waals surface area contributed by atoms with Crippen molar-refractivity contribution < 1.29 is 110 Å². The highest BCUT2D eigenvalue weighted by Gasteiger charge is 2.36. The minimum atomic E-state index is -4.51. The zero-order valence-corrected chi connectivity index (χ0v) is 70.6. The maximum Gasteiger partial charge on any atom is 0.416 e. The molecule has 3 atom stereocenters. The van der Waals surface area contributed by atoms with Gasteiger partial charge in [0.1, 0.15) is 34.3 Å². The zero-order chi connectivity index (χ0) is 89.9. The molecule has 0 saturated carbocycles. The number of allylic oxidation sites excluding steroid dienone is 1. The van der Waals surface area contributed by atoms with Gasteiger partial charge in [-0.2, -0.15) is 17.6 Å². The van der Waals surface area contributed by atoms with Crippen LogP contribution in [0.15, 0.2) is 136 Å². The number of ketones is 1. The van der Waals surface area contributed by atoms with E-state index >= 15 is 0 Å². The fourth-order valence-corrected chi connectivity index (χ4v) is 16.2. The number of hydrogen-bond donors (Lipinski definition) is 6. The van der Waals surface area contributed by atoms with Crippen LogP contribution in [0.3, 0.4) is 0 Å². The molecule has 0 bridgehead atoms. The number of sulfonamides is 2. The lowest BCUT2D eigenvalue weighted by Gasteiger charge is -2.39. The van der Waals surface area contributed by atoms with Crippen LogP contribution in [0.5, 0.6) is 11.5 Å². The molecule has 3 unspecified atom stereocenters. The van der Waals surface area contributed by atoms with Gasteiger partial charge in [-0.15, -0.1) is 0 Å². The number of piperazine rings is 1. The van der Waals surface area contributed by atoms with Crippen molar-refractivity contribution in [2.75, 3.05) is 153 Å². The maximum absolute atomic E-state index is 14.1. The number of benzene rings is 5. The summed E-state index contributed by atoms with van der Waals surface area (Å²) < 4.78 is 163. The number of H-pyrrole nitrogens is 1. The molecule has 7 aromatic rings. The molecule has 12 rings (SSSR count). The number of Topliss-reactive ketones (excluding diaryl/α,β-unsaturated/α-hetero) is 1. The summed E-state index contributed by atoms with van der Waals surface area (Å²) in [6, 6.07) is 20.8. The Hall–Kier alpha value is -11.0. The van der Waals surface area contributed by atoms with E-state index < -0.39 is 125 Å². The van der Waals surface area contributed by atoms with Crippen LogP contribution in [0.4, 0.5) is 66.1 Å². The van der Waals surface area contributed by atoms with Gasteiger partial charge in [0.05, 0.1) is 124 Å². The van der Waals surface area contributed by atoms with Crippen LogP contribution in [-0.4, -0.2) is 249 Å². The Morgan fingerprint density at radius 1 is 0.650 bits per heavy atom.